The average molecular weight is 373 g/mol. The summed E-state index contributed by atoms with van der Waals surface area (Å²) in [4.78, 5) is 23.3. The van der Waals surface area contributed by atoms with Gasteiger partial charge in [0, 0.05) is 50.4 Å². The highest BCUT2D eigenvalue weighted by atomic mass is 16.6. The van der Waals surface area contributed by atoms with Crippen molar-refractivity contribution in [3.63, 3.8) is 0 Å². The number of fused-ring (bicyclic) bond motifs is 2. The van der Waals surface area contributed by atoms with Gasteiger partial charge in [-0.2, -0.15) is 0 Å². The summed E-state index contributed by atoms with van der Waals surface area (Å²) in [5.74, 6) is 1.88. The van der Waals surface area contributed by atoms with Gasteiger partial charge >= 0.3 is 6.09 Å². The van der Waals surface area contributed by atoms with Gasteiger partial charge in [-0.25, -0.2) is 9.78 Å². The largest absolute Gasteiger partial charge is 0.450 e. The smallest absolute Gasteiger partial charge is 0.409 e. The minimum atomic E-state index is -0.145. The molecule has 0 radical (unpaired) electrons. The molecule has 2 saturated heterocycles. The number of pyridine rings is 1. The molecule has 0 N–H and O–H groups in total. The molecule has 0 aromatic carbocycles. The zero-order chi connectivity index (χ0) is 18.9. The second-order valence-electron chi connectivity index (χ2n) is 8.44. The summed E-state index contributed by atoms with van der Waals surface area (Å²) in [6.07, 6.45) is 6.39. The Hall–Kier alpha value is -1.82. The number of nitrogens with zero attached hydrogens (tertiary/aromatic N) is 4. The van der Waals surface area contributed by atoms with Crippen LogP contribution in [0.25, 0.3) is 0 Å². The fourth-order valence-corrected chi connectivity index (χ4v) is 5.20. The van der Waals surface area contributed by atoms with Gasteiger partial charge in [0.15, 0.2) is 0 Å². The fraction of sp³-hybridized carbons (Fsp3) is 0.714. The molecule has 3 aliphatic heterocycles. The Morgan fingerprint density at radius 3 is 2.70 bits per heavy atom. The van der Waals surface area contributed by atoms with Crippen LogP contribution in [0.4, 0.5) is 10.6 Å². The van der Waals surface area contributed by atoms with Crippen LogP contribution in [0.15, 0.2) is 18.3 Å². The molecule has 1 amide bonds. The standard InChI is InChI=1S/C21H32N4O2/c1-3-27-20(26)25-11-6-17(7-12-25)15-24-13-8-21(9-14-24)16-23(2)19-18(21)5-4-10-22-19/h4-5,10,17H,3,6-9,11-16H2,1-2H3. The first kappa shape index (κ1) is 18.5. The number of piperidine rings is 2. The number of hydrogen-bond acceptors (Lipinski definition) is 5. The Labute approximate surface area is 162 Å². The second kappa shape index (κ2) is 7.66. The maximum atomic E-state index is 11.8. The third-order valence-corrected chi connectivity index (χ3v) is 6.73. The third-order valence-electron chi connectivity index (χ3n) is 6.73. The highest BCUT2D eigenvalue weighted by Crippen LogP contribution is 2.45. The van der Waals surface area contributed by atoms with Gasteiger partial charge in [-0.3, -0.25) is 0 Å². The summed E-state index contributed by atoms with van der Waals surface area (Å²) >= 11 is 0. The second-order valence-corrected chi connectivity index (χ2v) is 8.44. The van der Waals surface area contributed by atoms with Crippen LogP contribution in [0, 0.1) is 5.92 Å². The normalized spacial score (nSPS) is 22.9. The Morgan fingerprint density at radius 2 is 2.00 bits per heavy atom. The number of carbonyl (C=O) groups is 1. The van der Waals surface area contributed by atoms with Gasteiger partial charge in [0.1, 0.15) is 5.82 Å². The SMILES string of the molecule is CCOC(=O)N1CCC(CN2CCC3(CC2)CN(C)c2ncccc23)CC1. The van der Waals surface area contributed by atoms with Crippen LogP contribution in [0.2, 0.25) is 0 Å². The molecule has 0 atom stereocenters. The molecule has 2 fully saturated rings. The van der Waals surface area contributed by atoms with Crippen LogP contribution in [-0.4, -0.2) is 73.8 Å². The van der Waals surface area contributed by atoms with Crippen molar-refractivity contribution in [2.24, 2.45) is 5.92 Å². The van der Waals surface area contributed by atoms with Gasteiger partial charge in [-0.1, -0.05) is 6.07 Å². The maximum absolute atomic E-state index is 11.8. The number of hydrogen-bond donors (Lipinski definition) is 0. The van der Waals surface area contributed by atoms with Gasteiger partial charge in [0.2, 0.25) is 0 Å². The van der Waals surface area contributed by atoms with Crippen LogP contribution in [-0.2, 0) is 10.2 Å². The van der Waals surface area contributed by atoms with E-state index in [1.807, 2.05) is 18.0 Å². The summed E-state index contributed by atoms with van der Waals surface area (Å²) in [6.45, 7) is 8.61. The van der Waals surface area contributed by atoms with E-state index in [1.165, 1.54) is 43.9 Å². The van der Waals surface area contributed by atoms with E-state index in [0.29, 0.717) is 17.9 Å². The molecule has 27 heavy (non-hydrogen) atoms. The molecule has 3 aliphatic rings. The number of ether oxygens (including phenoxy) is 1. The van der Waals surface area contributed by atoms with Crippen molar-refractivity contribution in [3.05, 3.63) is 23.9 Å². The van der Waals surface area contributed by atoms with E-state index >= 15 is 0 Å². The quantitative estimate of drug-likeness (QED) is 0.817. The molecule has 1 aromatic rings. The number of carbonyl (C=O) groups excluding carboxylic acids is 1. The summed E-state index contributed by atoms with van der Waals surface area (Å²) in [5, 5.41) is 0. The van der Waals surface area contributed by atoms with Crippen molar-refractivity contribution in [3.8, 4) is 0 Å². The molecule has 0 bridgehead atoms. The van der Waals surface area contributed by atoms with E-state index in [1.54, 1.807) is 0 Å². The zero-order valence-electron chi connectivity index (χ0n) is 16.7. The van der Waals surface area contributed by atoms with Crippen LogP contribution in [0.1, 0.15) is 38.2 Å². The third kappa shape index (κ3) is 3.64. The Kier molecular flexibility index (Phi) is 5.26. The Morgan fingerprint density at radius 1 is 1.26 bits per heavy atom. The molecule has 4 rings (SSSR count). The van der Waals surface area contributed by atoms with E-state index in [9.17, 15) is 4.79 Å². The van der Waals surface area contributed by atoms with Crippen LogP contribution in [0.5, 0.6) is 0 Å². The minimum Gasteiger partial charge on any atom is -0.450 e. The fourth-order valence-electron chi connectivity index (χ4n) is 5.20. The van der Waals surface area contributed by atoms with Crippen molar-refractivity contribution in [2.45, 2.75) is 38.0 Å². The molecule has 0 saturated carbocycles. The van der Waals surface area contributed by atoms with Crippen molar-refractivity contribution in [1.29, 1.82) is 0 Å². The van der Waals surface area contributed by atoms with E-state index in [4.69, 9.17) is 4.74 Å². The Balaban J connectivity index is 1.28. The predicted octanol–water partition coefficient (Wildman–Crippen LogP) is 2.73. The summed E-state index contributed by atoms with van der Waals surface area (Å²) in [6, 6.07) is 4.37. The zero-order valence-corrected chi connectivity index (χ0v) is 16.7. The number of likely N-dealkylation sites (N-methyl/N-ethyl adjacent to an activating group) is 1. The minimum absolute atomic E-state index is 0.145. The van der Waals surface area contributed by atoms with Gasteiger partial charge in [-0.15, -0.1) is 0 Å². The first-order valence-corrected chi connectivity index (χ1v) is 10.4. The van der Waals surface area contributed by atoms with Gasteiger partial charge in [0.25, 0.3) is 0 Å². The highest BCUT2D eigenvalue weighted by Gasteiger charge is 2.44. The summed E-state index contributed by atoms with van der Waals surface area (Å²) < 4.78 is 5.12. The van der Waals surface area contributed by atoms with Crippen molar-refractivity contribution < 1.29 is 9.53 Å². The topological polar surface area (TPSA) is 48.9 Å². The number of aromatic nitrogens is 1. The molecule has 148 valence electrons. The number of rotatable bonds is 3. The predicted molar refractivity (Wildman–Crippen MR) is 106 cm³/mol. The maximum Gasteiger partial charge on any atom is 0.409 e. The molecule has 0 unspecified atom stereocenters. The molecular weight excluding hydrogens is 340 g/mol. The lowest BCUT2D eigenvalue weighted by Gasteiger charge is -2.41. The number of anilines is 1. The van der Waals surface area contributed by atoms with Gasteiger partial charge in [0.05, 0.1) is 6.61 Å². The lowest BCUT2D eigenvalue weighted by Crippen LogP contribution is -2.47. The molecule has 6 heteroatoms. The summed E-state index contributed by atoms with van der Waals surface area (Å²) in [5.41, 5.74) is 1.75. The number of amides is 1. The van der Waals surface area contributed by atoms with Crippen LogP contribution in [0.3, 0.4) is 0 Å². The highest BCUT2D eigenvalue weighted by molar-refractivity contribution is 5.67. The van der Waals surface area contributed by atoms with Gasteiger partial charge in [-0.05, 0) is 57.7 Å². The summed E-state index contributed by atoms with van der Waals surface area (Å²) in [7, 11) is 2.17. The van der Waals surface area contributed by atoms with Crippen LogP contribution >= 0.6 is 0 Å². The molecule has 1 aromatic heterocycles. The Bertz CT molecular complexity index is 664. The van der Waals surface area contributed by atoms with Crippen LogP contribution < -0.4 is 4.90 Å². The van der Waals surface area contributed by atoms with E-state index < -0.39 is 0 Å². The lowest BCUT2D eigenvalue weighted by atomic mass is 9.74. The molecule has 1 spiro atoms. The first-order valence-electron chi connectivity index (χ1n) is 10.4. The monoisotopic (exact) mass is 372 g/mol. The van der Waals surface area contributed by atoms with Gasteiger partial charge < -0.3 is 19.4 Å². The average Bonchev–Trinajstić information content (AvgIpc) is 2.97. The van der Waals surface area contributed by atoms with E-state index in [-0.39, 0.29) is 6.09 Å². The molecule has 6 nitrogen and oxygen atoms in total. The first-order chi connectivity index (χ1) is 13.1. The number of likely N-dealkylation sites (tertiary alicyclic amines) is 2. The lowest BCUT2D eigenvalue weighted by molar-refractivity contribution is 0.0798. The molecule has 4 heterocycles. The van der Waals surface area contributed by atoms with Crippen molar-refractivity contribution >= 4 is 11.9 Å². The van der Waals surface area contributed by atoms with E-state index in [2.05, 4.69) is 34.0 Å². The molecule has 0 aliphatic carbocycles. The van der Waals surface area contributed by atoms with Crippen molar-refractivity contribution in [2.75, 3.05) is 57.8 Å². The van der Waals surface area contributed by atoms with E-state index in [0.717, 1.165) is 32.5 Å². The van der Waals surface area contributed by atoms with Crippen molar-refractivity contribution in [1.82, 2.24) is 14.8 Å². The molecular formula is C21H32N4O2.